The van der Waals surface area contributed by atoms with Crippen molar-refractivity contribution in [1.29, 1.82) is 0 Å². The van der Waals surface area contributed by atoms with Crippen LogP contribution >= 0.6 is 0 Å². The highest BCUT2D eigenvalue weighted by molar-refractivity contribution is 5.95. The third-order valence-corrected chi connectivity index (χ3v) is 4.01. The molecule has 0 aliphatic carbocycles. The van der Waals surface area contributed by atoms with Crippen molar-refractivity contribution in [2.75, 3.05) is 7.11 Å². The number of aliphatic hydroxyl groups excluding tert-OH is 1. The maximum absolute atomic E-state index is 14.2. The molecule has 0 radical (unpaired) electrons. The van der Waals surface area contributed by atoms with Gasteiger partial charge in [-0.15, -0.1) is 0 Å². The van der Waals surface area contributed by atoms with Gasteiger partial charge in [-0.25, -0.2) is 9.37 Å². The molecular weight excluding hydrogens is 349 g/mol. The van der Waals surface area contributed by atoms with Crippen molar-refractivity contribution < 1.29 is 19.0 Å². The standard InChI is InChI=1S/C20H18FN3O3/c1-27-18-7-4-13(10-23-18)11-24-20(26)16-9-14(5-6-17(16)21)19-15(12-25)3-2-8-22-19/h2-10,25H,11-12H2,1H3,(H,24,26). The van der Waals surface area contributed by atoms with Crippen LogP contribution < -0.4 is 10.1 Å². The van der Waals surface area contributed by atoms with E-state index in [-0.39, 0.29) is 18.7 Å². The van der Waals surface area contributed by atoms with Gasteiger partial charge in [0, 0.05) is 36.1 Å². The molecular formula is C20H18FN3O3. The number of halogens is 1. The largest absolute Gasteiger partial charge is 0.481 e. The van der Waals surface area contributed by atoms with Gasteiger partial charge in [0.1, 0.15) is 5.82 Å². The molecule has 138 valence electrons. The van der Waals surface area contributed by atoms with Gasteiger partial charge >= 0.3 is 0 Å². The van der Waals surface area contributed by atoms with Crippen LogP contribution in [0.25, 0.3) is 11.3 Å². The Hall–Kier alpha value is -3.32. The summed E-state index contributed by atoms with van der Waals surface area (Å²) in [6, 6.07) is 11.0. The molecule has 27 heavy (non-hydrogen) atoms. The molecule has 0 atom stereocenters. The van der Waals surface area contributed by atoms with E-state index in [0.717, 1.165) is 5.56 Å². The van der Waals surface area contributed by atoms with Gasteiger partial charge in [-0.1, -0.05) is 12.1 Å². The van der Waals surface area contributed by atoms with Crippen molar-refractivity contribution >= 4 is 5.91 Å². The minimum Gasteiger partial charge on any atom is -0.481 e. The van der Waals surface area contributed by atoms with Crippen LogP contribution in [0, 0.1) is 5.82 Å². The zero-order valence-corrected chi connectivity index (χ0v) is 14.6. The quantitative estimate of drug-likeness (QED) is 0.700. The van der Waals surface area contributed by atoms with Gasteiger partial charge in [0.05, 0.1) is 25.0 Å². The Morgan fingerprint density at radius 3 is 2.78 bits per heavy atom. The monoisotopic (exact) mass is 367 g/mol. The molecule has 1 amide bonds. The smallest absolute Gasteiger partial charge is 0.254 e. The number of hydrogen-bond acceptors (Lipinski definition) is 5. The number of ether oxygens (including phenoxy) is 1. The molecule has 0 aliphatic rings. The first-order valence-corrected chi connectivity index (χ1v) is 8.24. The number of methoxy groups -OCH3 is 1. The third kappa shape index (κ3) is 4.27. The lowest BCUT2D eigenvalue weighted by atomic mass is 10.0. The van der Waals surface area contributed by atoms with Crippen molar-refractivity contribution in [2.24, 2.45) is 0 Å². The third-order valence-electron chi connectivity index (χ3n) is 4.01. The molecule has 0 spiro atoms. The molecule has 2 heterocycles. The van der Waals surface area contributed by atoms with Gasteiger partial charge in [0.15, 0.2) is 0 Å². The summed E-state index contributed by atoms with van der Waals surface area (Å²) in [6.07, 6.45) is 3.15. The number of rotatable bonds is 6. The minimum atomic E-state index is -0.634. The average Bonchev–Trinajstić information content (AvgIpc) is 2.72. The highest BCUT2D eigenvalue weighted by Crippen LogP contribution is 2.24. The van der Waals surface area contributed by atoms with Crippen LogP contribution in [0.3, 0.4) is 0 Å². The number of benzene rings is 1. The molecule has 0 fully saturated rings. The van der Waals surface area contributed by atoms with Gasteiger partial charge in [0.2, 0.25) is 5.88 Å². The van der Waals surface area contributed by atoms with E-state index in [2.05, 4.69) is 15.3 Å². The van der Waals surface area contributed by atoms with E-state index < -0.39 is 11.7 Å². The molecule has 3 aromatic rings. The zero-order valence-electron chi connectivity index (χ0n) is 14.6. The highest BCUT2D eigenvalue weighted by Gasteiger charge is 2.15. The Kier molecular flexibility index (Phi) is 5.73. The van der Waals surface area contributed by atoms with Crippen LogP contribution in [0.15, 0.2) is 54.9 Å². The summed E-state index contributed by atoms with van der Waals surface area (Å²) in [7, 11) is 1.52. The molecule has 7 heteroatoms. The van der Waals surface area contributed by atoms with Crippen molar-refractivity contribution in [3.8, 4) is 17.1 Å². The summed E-state index contributed by atoms with van der Waals surface area (Å²) in [5, 5.41) is 12.1. The van der Waals surface area contributed by atoms with Crippen LogP contribution in [0.1, 0.15) is 21.5 Å². The average molecular weight is 367 g/mol. The number of pyridine rings is 2. The fourth-order valence-corrected chi connectivity index (χ4v) is 2.59. The predicted octanol–water partition coefficient (Wildman–Crippen LogP) is 2.71. The second-order valence-electron chi connectivity index (χ2n) is 5.76. The topological polar surface area (TPSA) is 84.3 Å². The van der Waals surface area contributed by atoms with E-state index in [1.807, 2.05) is 0 Å². The van der Waals surface area contributed by atoms with Crippen molar-refractivity contribution in [1.82, 2.24) is 15.3 Å². The highest BCUT2D eigenvalue weighted by atomic mass is 19.1. The SMILES string of the molecule is COc1ccc(CNC(=O)c2cc(-c3ncccc3CO)ccc2F)cn1. The van der Waals surface area contributed by atoms with Crippen molar-refractivity contribution in [2.45, 2.75) is 13.2 Å². The van der Waals surface area contributed by atoms with Crippen molar-refractivity contribution in [3.05, 3.63) is 77.4 Å². The lowest BCUT2D eigenvalue weighted by molar-refractivity contribution is 0.0947. The molecule has 3 rings (SSSR count). The number of aromatic nitrogens is 2. The molecule has 2 aromatic heterocycles. The number of carbonyl (C=O) groups excluding carboxylic acids is 1. The Morgan fingerprint density at radius 2 is 2.07 bits per heavy atom. The zero-order chi connectivity index (χ0) is 19.2. The first-order chi connectivity index (χ1) is 13.1. The van der Waals surface area contributed by atoms with E-state index in [1.54, 1.807) is 36.7 Å². The Bertz CT molecular complexity index is 945. The van der Waals surface area contributed by atoms with Gasteiger partial charge < -0.3 is 15.2 Å². The maximum Gasteiger partial charge on any atom is 0.254 e. The van der Waals surface area contributed by atoms with E-state index in [9.17, 15) is 14.3 Å². The van der Waals surface area contributed by atoms with E-state index in [1.165, 1.54) is 25.3 Å². The molecule has 0 bridgehead atoms. The van der Waals surface area contributed by atoms with Crippen LogP contribution in [-0.4, -0.2) is 28.1 Å². The number of hydrogen-bond donors (Lipinski definition) is 2. The predicted molar refractivity (Wildman–Crippen MR) is 97.5 cm³/mol. The molecule has 0 aliphatic heterocycles. The first kappa shape index (κ1) is 18.5. The minimum absolute atomic E-state index is 0.0940. The summed E-state index contributed by atoms with van der Waals surface area (Å²) in [5.41, 5.74) is 2.32. The second-order valence-corrected chi connectivity index (χ2v) is 5.76. The number of amides is 1. The van der Waals surface area contributed by atoms with E-state index in [0.29, 0.717) is 22.7 Å². The van der Waals surface area contributed by atoms with Crippen LogP contribution in [0.5, 0.6) is 5.88 Å². The molecule has 1 aromatic carbocycles. The lowest BCUT2D eigenvalue weighted by Gasteiger charge is -2.10. The maximum atomic E-state index is 14.2. The normalized spacial score (nSPS) is 10.5. The van der Waals surface area contributed by atoms with Gasteiger partial charge in [-0.05, 0) is 29.8 Å². The fourth-order valence-electron chi connectivity index (χ4n) is 2.59. The molecule has 2 N–H and O–H groups in total. The van der Waals surface area contributed by atoms with Crippen LogP contribution in [0.4, 0.5) is 4.39 Å². The van der Waals surface area contributed by atoms with Gasteiger partial charge in [-0.3, -0.25) is 9.78 Å². The summed E-state index contributed by atoms with van der Waals surface area (Å²) >= 11 is 0. The summed E-state index contributed by atoms with van der Waals surface area (Å²) in [6.45, 7) is -0.00246. The summed E-state index contributed by atoms with van der Waals surface area (Å²) < 4.78 is 19.2. The fraction of sp³-hybridized carbons (Fsp3) is 0.150. The summed E-state index contributed by atoms with van der Waals surface area (Å²) in [4.78, 5) is 20.7. The Labute approximate surface area is 155 Å². The van der Waals surface area contributed by atoms with E-state index in [4.69, 9.17) is 4.74 Å². The summed E-state index contributed by atoms with van der Waals surface area (Å²) in [5.74, 6) is -0.712. The number of carbonyl (C=O) groups is 1. The van der Waals surface area contributed by atoms with Gasteiger partial charge in [0.25, 0.3) is 5.91 Å². The van der Waals surface area contributed by atoms with Crippen molar-refractivity contribution in [3.63, 3.8) is 0 Å². The van der Waals surface area contributed by atoms with Crippen LogP contribution in [-0.2, 0) is 13.2 Å². The Morgan fingerprint density at radius 1 is 1.22 bits per heavy atom. The number of nitrogens with one attached hydrogen (secondary N) is 1. The molecule has 0 unspecified atom stereocenters. The number of aliphatic hydroxyl groups is 1. The first-order valence-electron chi connectivity index (χ1n) is 8.24. The molecule has 0 saturated heterocycles. The van der Waals surface area contributed by atoms with Gasteiger partial charge in [-0.2, -0.15) is 0 Å². The second kappa shape index (κ2) is 8.37. The lowest BCUT2D eigenvalue weighted by Crippen LogP contribution is -2.24. The molecule has 0 saturated carbocycles. The van der Waals surface area contributed by atoms with Crippen LogP contribution in [0.2, 0.25) is 0 Å². The number of nitrogens with zero attached hydrogens (tertiary/aromatic N) is 2. The Balaban J connectivity index is 1.80. The van der Waals surface area contributed by atoms with E-state index >= 15 is 0 Å². The molecule has 6 nitrogen and oxygen atoms in total.